The van der Waals surface area contributed by atoms with E-state index in [-0.39, 0.29) is 23.4 Å². The summed E-state index contributed by atoms with van der Waals surface area (Å²) in [5.41, 5.74) is -0.101. The molecular weight excluding hydrogens is 386 g/mol. The molecule has 11 heteroatoms. The first-order valence-corrected chi connectivity index (χ1v) is 11.4. The Bertz CT molecular complexity index is 862. The Morgan fingerprint density at radius 1 is 1.31 bits per heavy atom. The fourth-order valence-corrected chi connectivity index (χ4v) is 5.05. The molecule has 1 unspecified atom stereocenters. The van der Waals surface area contributed by atoms with E-state index in [0.717, 1.165) is 18.7 Å². The molecule has 26 heavy (non-hydrogen) atoms. The Morgan fingerprint density at radius 2 is 1.96 bits per heavy atom. The zero-order chi connectivity index (χ0) is 20.0. The zero-order valence-electron chi connectivity index (χ0n) is 14.3. The number of benzene rings is 1. The molecule has 0 saturated carbocycles. The maximum Gasteiger partial charge on any atom is 0.344 e. The van der Waals surface area contributed by atoms with Crippen LogP contribution in [-0.2, 0) is 24.7 Å². The molecular formula is C15H21NO8S2. The Morgan fingerprint density at radius 3 is 2.46 bits per heavy atom. The minimum atomic E-state index is -4.17. The predicted octanol–water partition coefficient (Wildman–Crippen LogP) is 1.27. The van der Waals surface area contributed by atoms with E-state index >= 15 is 0 Å². The van der Waals surface area contributed by atoms with Gasteiger partial charge in [0.05, 0.1) is 5.56 Å². The van der Waals surface area contributed by atoms with E-state index in [1.165, 1.54) is 12.1 Å². The predicted molar refractivity (Wildman–Crippen MR) is 95.7 cm³/mol. The van der Waals surface area contributed by atoms with E-state index in [0.29, 0.717) is 12.7 Å². The largest absolute Gasteiger partial charge is 0.479 e. The van der Waals surface area contributed by atoms with Crippen LogP contribution in [0.25, 0.3) is 0 Å². The third kappa shape index (κ3) is 7.40. The number of anilines is 1. The van der Waals surface area contributed by atoms with Crippen molar-refractivity contribution < 1.29 is 36.3 Å². The average molecular weight is 407 g/mol. The van der Waals surface area contributed by atoms with Crippen molar-refractivity contribution in [2.75, 3.05) is 16.1 Å². The lowest BCUT2D eigenvalue weighted by Crippen LogP contribution is -2.27. The third-order valence-electron chi connectivity index (χ3n) is 3.14. The van der Waals surface area contributed by atoms with Crippen LogP contribution >= 0.6 is 0 Å². The van der Waals surface area contributed by atoms with Crippen LogP contribution < -0.4 is 9.46 Å². The lowest BCUT2D eigenvalue weighted by atomic mass is 10.1. The van der Waals surface area contributed by atoms with Gasteiger partial charge in [-0.1, -0.05) is 13.3 Å². The van der Waals surface area contributed by atoms with E-state index in [1.807, 2.05) is 11.6 Å². The highest BCUT2D eigenvalue weighted by atomic mass is 32.3. The van der Waals surface area contributed by atoms with Gasteiger partial charge in [-0.2, -0.15) is 0 Å². The van der Waals surface area contributed by atoms with E-state index in [9.17, 15) is 31.5 Å². The number of aldehydes is 1. The fourth-order valence-electron chi connectivity index (χ4n) is 2.08. The fraction of sp³-hybridized carbons (Fsp3) is 0.467. The molecule has 0 saturated heterocycles. The van der Waals surface area contributed by atoms with Crippen LogP contribution in [0, 0.1) is 0 Å². The summed E-state index contributed by atoms with van der Waals surface area (Å²) in [4.78, 5) is 22.5. The van der Waals surface area contributed by atoms with Gasteiger partial charge in [-0.05, 0) is 31.0 Å². The van der Waals surface area contributed by atoms with Crippen LogP contribution in [-0.4, -0.2) is 51.6 Å². The van der Waals surface area contributed by atoms with Crippen LogP contribution in [0.2, 0.25) is 0 Å². The highest BCUT2D eigenvalue weighted by Crippen LogP contribution is 2.24. The van der Waals surface area contributed by atoms with Crippen molar-refractivity contribution in [3.8, 4) is 5.75 Å². The summed E-state index contributed by atoms with van der Waals surface area (Å²) in [7, 11) is -7.94. The van der Waals surface area contributed by atoms with Crippen molar-refractivity contribution in [2.45, 2.75) is 32.3 Å². The SMILES string of the molecule is CCCCC(Oc1ccc(NS(=O)(=O)CS(C)(=O)=O)cc1C=O)C(=O)O. The average Bonchev–Trinajstić information content (AvgIpc) is 2.49. The molecule has 0 radical (unpaired) electrons. The lowest BCUT2D eigenvalue weighted by Gasteiger charge is -2.17. The van der Waals surface area contributed by atoms with Gasteiger partial charge >= 0.3 is 5.97 Å². The van der Waals surface area contributed by atoms with E-state index in [4.69, 9.17) is 4.74 Å². The minimum absolute atomic E-state index is 0.00503. The molecule has 9 nitrogen and oxygen atoms in total. The number of carboxylic acid groups (broad SMARTS) is 1. The van der Waals surface area contributed by atoms with Crippen molar-refractivity contribution in [2.24, 2.45) is 0 Å². The number of unbranched alkanes of at least 4 members (excludes halogenated alkanes) is 1. The molecule has 0 aliphatic heterocycles. The summed E-state index contributed by atoms with van der Waals surface area (Å²) in [6.07, 6.45) is 1.69. The summed E-state index contributed by atoms with van der Waals surface area (Å²) in [5.74, 6) is -1.18. The highest BCUT2D eigenvalue weighted by molar-refractivity contribution is 8.08. The van der Waals surface area contributed by atoms with Gasteiger partial charge in [-0.3, -0.25) is 9.52 Å². The number of nitrogens with one attached hydrogen (secondary N) is 1. The van der Waals surface area contributed by atoms with Gasteiger partial charge in [-0.25, -0.2) is 21.6 Å². The van der Waals surface area contributed by atoms with Crippen molar-refractivity contribution >= 4 is 37.8 Å². The summed E-state index contributed by atoms with van der Waals surface area (Å²) in [5, 5.41) is 8.07. The Balaban J connectivity index is 3.03. The van der Waals surface area contributed by atoms with Crippen molar-refractivity contribution in [3.63, 3.8) is 0 Å². The van der Waals surface area contributed by atoms with E-state index < -0.39 is 37.0 Å². The molecule has 0 heterocycles. The van der Waals surface area contributed by atoms with Gasteiger partial charge < -0.3 is 9.84 Å². The van der Waals surface area contributed by atoms with Gasteiger partial charge in [0.2, 0.25) is 10.0 Å². The number of sulfonamides is 1. The minimum Gasteiger partial charge on any atom is -0.479 e. The van der Waals surface area contributed by atoms with Gasteiger partial charge in [0, 0.05) is 11.9 Å². The summed E-state index contributed by atoms with van der Waals surface area (Å²) < 4.78 is 53.3. The number of carbonyl (C=O) groups excluding carboxylic acids is 1. The van der Waals surface area contributed by atoms with E-state index in [2.05, 4.69) is 0 Å². The molecule has 0 aliphatic rings. The number of hydrogen-bond donors (Lipinski definition) is 2. The number of carbonyl (C=O) groups is 2. The first-order valence-electron chi connectivity index (χ1n) is 7.64. The Labute approximate surface area is 152 Å². The van der Waals surface area contributed by atoms with Gasteiger partial charge in [0.1, 0.15) is 5.75 Å². The third-order valence-corrected chi connectivity index (χ3v) is 6.64. The summed E-state index contributed by atoms with van der Waals surface area (Å²) in [6.45, 7) is 1.90. The molecule has 146 valence electrons. The summed E-state index contributed by atoms with van der Waals surface area (Å²) in [6, 6.07) is 3.64. The quantitative estimate of drug-likeness (QED) is 0.522. The van der Waals surface area contributed by atoms with Crippen molar-refractivity contribution in [1.82, 2.24) is 0 Å². The van der Waals surface area contributed by atoms with Crippen molar-refractivity contribution in [1.29, 1.82) is 0 Å². The second-order valence-corrected chi connectivity index (χ2v) is 9.95. The van der Waals surface area contributed by atoms with Crippen LogP contribution in [0.3, 0.4) is 0 Å². The first kappa shape index (κ1) is 21.9. The molecule has 1 atom stereocenters. The molecule has 0 amide bonds. The second kappa shape index (κ2) is 8.99. The maximum absolute atomic E-state index is 11.8. The monoisotopic (exact) mass is 407 g/mol. The number of hydrogen-bond acceptors (Lipinski definition) is 7. The molecule has 1 rings (SSSR count). The molecule has 0 spiro atoms. The Hall–Kier alpha value is -2.14. The number of aliphatic carboxylic acids is 1. The highest BCUT2D eigenvalue weighted by Gasteiger charge is 2.22. The molecule has 0 fully saturated rings. The van der Waals surface area contributed by atoms with Crippen LogP contribution in [0.4, 0.5) is 5.69 Å². The van der Waals surface area contributed by atoms with Gasteiger partial charge in [0.15, 0.2) is 27.3 Å². The topological polar surface area (TPSA) is 144 Å². The standard InChI is InChI=1S/C15H21NO8S2/c1-3-4-5-14(15(18)19)24-13-7-6-12(8-11(13)9-17)16-26(22,23)10-25(2,20)21/h6-9,14,16H,3-5,10H2,1-2H3,(H,18,19). The first-order chi connectivity index (χ1) is 12.0. The van der Waals surface area contributed by atoms with E-state index in [1.54, 1.807) is 0 Å². The number of rotatable bonds is 11. The normalized spacial score (nSPS) is 13.0. The lowest BCUT2D eigenvalue weighted by molar-refractivity contribution is -0.145. The van der Waals surface area contributed by atoms with Crippen LogP contribution in [0.15, 0.2) is 18.2 Å². The van der Waals surface area contributed by atoms with Crippen LogP contribution in [0.1, 0.15) is 36.5 Å². The number of sulfone groups is 1. The smallest absolute Gasteiger partial charge is 0.344 e. The second-order valence-electron chi connectivity index (χ2n) is 5.72. The zero-order valence-corrected chi connectivity index (χ0v) is 16.0. The van der Waals surface area contributed by atoms with Gasteiger partial charge in [-0.15, -0.1) is 0 Å². The number of ether oxygens (including phenoxy) is 1. The molecule has 1 aromatic carbocycles. The molecule has 2 N–H and O–H groups in total. The number of carboxylic acids is 1. The molecule has 0 aliphatic carbocycles. The molecule has 0 bridgehead atoms. The Kier molecular flexibility index (Phi) is 7.57. The summed E-state index contributed by atoms with van der Waals surface area (Å²) >= 11 is 0. The molecule has 1 aromatic rings. The van der Waals surface area contributed by atoms with Crippen molar-refractivity contribution in [3.05, 3.63) is 23.8 Å². The van der Waals surface area contributed by atoms with Crippen LogP contribution in [0.5, 0.6) is 5.75 Å². The molecule has 0 aromatic heterocycles. The van der Waals surface area contributed by atoms with Gasteiger partial charge in [0.25, 0.3) is 0 Å². The maximum atomic E-state index is 11.8.